The molecule has 10 heteroatoms. The Kier molecular flexibility index (Phi) is 8.69. The second kappa shape index (κ2) is 10.6. The molecule has 2 fully saturated rings. The quantitative estimate of drug-likeness (QED) is 0.737. The molecule has 172 valence electrons. The van der Waals surface area contributed by atoms with Gasteiger partial charge < -0.3 is 14.6 Å². The Morgan fingerprint density at radius 3 is 2.53 bits per heavy atom. The number of aliphatic carboxylic acids is 1. The Hall–Kier alpha value is -1.65. The van der Waals surface area contributed by atoms with E-state index in [1.165, 1.54) is 12.0 Å². The molecule has 0 amide bonds. The van der Waals surface area contributed by atoms with Crippen LogP contribution in [0.25, 0.3) is 0 Å². The van der Waals surface area contributed by atoms with Crippen LogP contribution in [0.3, 0.4) is 0 Å². The maximum atomic E-state index is 10.6. The maximum Gasteiger partial charge on any atom is 0.490 e. The first-order chi connectivity index (χ1) is 14.1. The number of alkyl halides is 3. The number of hydrogen-bond acceptors (Lipinski definition) is 5. The molecule has 2 saturated heterocycles. The van der Waals surface area contributed by atoms with Gasteiger partial charge in [0.1, 0.15) is 0 Å². The van der Waals surface area contributed by atoms with Gasteiger partial charge in [-0.1, -0.05) is 0 Å². The first kappa shape index (κ1) is 24.6. The van der Waals surface area contributed by atoms with Crippen LogP contribution in [0, 0.1) is 5.92 Å². The summed E-state index contributed by atoms with van der Waals surface area (Å²) in [5, 5.41) is 11.6. The fourth-order valence-electron chi connectivity index (χ4n) is 4.09. The zero-order valence-electron chi connectivity index (χ0n) is 17.8. The molecule has 3 rings (SSSR count). The van der Waals surface area contributed by atoms with E-state index < -0.39 is 12.1 Å². The van der Waals surface area contributed by atoms with E-state index in [2.05, 4.69) is 30.0 Å². The van der Waals surface area contributed by atoms with Gasteiger partial charge in [0.25, 0.3) is 0 Å². The Bertz CT molecular complexity index is 670. The van der Waals surface area contributed by atoms with E-state index in [4.69, 9.17) is 19.4 Å². The lowest BCUT2D eigenvalue weighted by Gasteiger charge is -2.42. The number of ether oxygens (including phenoxy) is 2. The van der Waals surface area contributed by atoms with E-state index in [9.17, 15) is 13.2 Å². The van der Waals surface area contributed by atoms with Crippen molar-refractivity contribution in [3.05, 3.63) is 18.0 Å². The molecule has 2 aliphatic heterocycles. The Balaban J connectivity index is 0.000000396. The van der Waals surface area contributed by atoms with Crippen LogP contribution in [0.5, 0.6) is 0 Å². The molecular formula is C20H32F3N3O4. The summed E-state index contributed by atoms with van der Waals surface area (Å²) in [4.78, 5) is 11.4. The lowest BCUT2D eigenvalue weighted by atomic mass is 9.78. The molecule has 3 heterocycles. The Morgan fingerprint density at radius 2 is 2.03 bits per heavy atom. The highest BCUT2D eigenvalue weighted by molar-refractivity contribution is 5.73. The van der Waals surface area contributed by atoms with Crippen molar-refractivity contribution >= 4 is 5.97 Å². The van der Waals surface area contributed by atoms with Crippen LogP contribution >= 0.6 is 0 Å². The molecule has 1 aromatic rings. The topological polar surface area (TPSA) is 76.8 Å². The van der Waals surface area contributed by atoms with Crippen molar-refractivity contribution in [2.24, 2.45) is 5.92 Å². The summed E-state index contributed by atoms with van der Waals surface area (Å²) in [7, 11) is 1.79. The third-order valence-corrected chi connectivity index (χ3v) is 5.81. The molecule has 0 saturated carbocycles. The molecule has 0 bridgehead atoms. The normalized spacial score (nSPS) is 21.6. The lowest BCUT2D eigenvalue weighted by Crippen LogP contribution is -2.47. The van der Waals surface area contributed by atoms with Crippen molar-refractivity contribution in [3.63, 3.8) is 0 Å². The number of piperidine rings is 1. The van der Waals surface area contributed by atoms with Crippen LogP contribution in [0.4, 0.5) is 13.2 Å². The number of methoxy groups -OCH3 is 1. The predicted molar refractivity (Wildman–Crippen MR) is 104 cm³/mol. The average molecular weight is 435 g/mol. The van der Waals surface area contributed by atoms with Crippen molar-refractivity contribution in [2.45, 2.75) is 63.9 Å². The van der Waals surface area contributed by atoms with Crippen LogP contribution in [0.2, 0.25) is 0 Å². The molecule has 0 radical (unpaired) electrons. The van der Waals surface area contributed by atoms with Gasteiger partial charge in [-0.3, -0.25) is 9.58 Å². The fraction of sp³-hybridized carbons (Fsp3) is 0.800. The molecule has 1 unspecified atom stereocenters. The van der Waals surface area contributed by atoms with E-state index in [1.54, 1.807) is 7.11 Å². The van der Waals surface area contributed by atoms with E-state index in [-0.39, 0.29) is 5.60 Å². The molecule has 1 atom stereocenters. The smallest absolute Gasteiger partial charge is 0.475 e. The van der Waals surface area contributed by atoms with Gasteiger partial charge >= 0.3 is 12.1 Å². The van der Waals surface area contributed by atoms with Gasteiger partial charge in [0.15, 0.2) is 0 Å². The van der Waals surface area contributed by atoms with Gasteiger partial charge in [0.05, 0.1) is 11.8 Å². The Labute approximate surface area is 175 Å². The van der Waals surface area contributed by atoms with Crippen molar-refractivity contribution in [1.82, 2.24) is 14.7 Å². The summed E-state index contributed by atoms with van der Waals surface area (Å²) >= 11 is 0. The Morgan fingerprint density at radius 1 is 1.40 bits per heavy atom. The average Bonchev–Trinajstić information content (AvgIpc) is 3.29. The highest BCUT2D eigenvalue weighted by atomic mass is 19.4. The van der Waals surface area contributed by atoms with Gasteiger partial charge in [-0.25, -0.2) is 4.79 Å². The van der Waals surface area contributed by atoms with Gasteiger partial charge in [0.2, 0.25) is 0 Å². The molecule has 1 aromatic heterocycles. The van der Waals surface area contributed by atoms with E-state index >= 15 is 0 Å². The third-order valence-electron chi connectivity index (χ3n) is 5.81. The summed E-state index contributed by atoms with van der Waals surface area (Å²) in [5.74, 6) is -2.08. The summed E-state index contributed by atoms with van der Waals surface area (Å²) < 4.78 is 45.3. The molecule has 7 nitrogen and oxygen atoms in total. The number of carboxylic acids is 1. The van der Waals surface area contributed by atoms with Crippen LogP contribution in [0.15, 0.2) is 12.4 Å². The number of likely N-dealkylation sites (tertiary alicyclic amines) is 1. The molecule has 2 aliphatic rings. The second-order valence-corrected chi connectivity index (χ2v) is 8.18. The van der Waals surface area contributed by atoms with Gasteiger partial charge in [-0.05, 0) is 45.4 Å². The first-order valence-corrected chi connectivity index (χ1v) is 10.3. The van der Waals surface area contributed by atoms with E-state index in [0.717, 1.165) is 52.1 Å². The zero-order valence-corrected chi connectivity index (χ0v) is 17.8. The summed E-state index contributed by atoms with van der Waals surface area (Å²) in [5.41, 5.74) is 1.44. The maximum absolute atomic E-state index is 10.6. The number of carboxylic acid groups (broad SMARTS) is 1. The van der Waals surface area contributed by atoms with Crippen LogP contribution in [-0.4, -0.2) is 70.9 Å². The minimum Gasteiger partial charge on any atom is -0.475 e. The number of aromatic nitrogens is 2. The summed E-state index contributed by atoms with van der Waals surface area (Å²) in [6, 6.07) is 0.432. The van der Waals surface area contributed by atoms with Crippen molar-refractivity contribution < 1.29 is 32.5 Å². The largest absolute Gasteiger partial charge is 0.490 e. The van der Waals surface area contributed by atoms with Crippen LogP contribution < -0.4 is 0 Å². The summed E-state index contributed by atoms with van der Waals surface area (Å²) in [6.45, 7) is 9.36. The second-order valence-electron chi connectivity index (χ2n) is 8.18. The molecule has 30 heavy (non-hydrogen) atoms. The highest BCUT2D eigenvalue weighted by Crippen LogP contribution is 2.42. The van der Waals surface area contributed by atoms with E-state index in [1.807, 2.05) is 10.9 Å². The number of halogens is 3. The monoisotopic (exact) mass is 435 g/mol. The van der Waals surface area contributed by atoms with Gasteiger partial charge in [0, 0.05) is 57.8 Å². The number of nitrogens with zero attached hydrogens (tertiary/aromatic N) is 3. The van der Waals surface area contributed by atoms with Crippen LogP contribution in [-0.2, 0) is 20.8 Å². The van der Waals surface area contributed by atoms with Crippen molar-refractivity contribution in [2.75, 3.05) is 33.4 Å². The van der Waals surface area contributed by atoms with E-state index in [0.29, 0.717) is 12.0 Å². The molecule has 1 N–H and O–H groups in total. The van der Waals surface area contributed by atoms with Crippen molar-refractivity contribution in [1.29, 1.82) is 0 Å². The first-order valence-electron chi connectivity index (χ1n) is 10.3. The molecular weight excluding hydrogens is 403 g/mol. The summed E-state index contributed by atoms with van der Waals surface area (Å²) in [6.07, 6.45) is 3.75. The fourth-order valence-corrected chi connectivity index (χ4v) is 4.09. The highest BCUT2D eigenvalue weighted by Gasteiger charge is 2.45. The molecule has 0 aromatic carbocycles. The third kappa shape index (κ3) is 6.68. The molecule has 0 aliphatic carbocycles. The standard InChI is InChI=1S/C18H31N3O2.C2HF3O2/c1-15(2)21-14-16(12-19-21)13-20-8-6-18(7-9-20)17(4-10-22-3)5-11-23-18;3-2(4,5)1(6)7/h12,14-15,17H,4-11,13H2,1-3H3;(H,6,7). The minimum atomic E-state index is -5.08. The zero-order chi connectivity index (χ0) is 22.4. The van der Waals surface area contributed by atoms with Gasteiger partial charge in [-0.2, -0.15) is 18.3 Å². The predicted octanol–water partition coefficient (Wildman–Crippen LogP) is 3.50. The van der Waals surface area contributed by atoms with Gasteiger partial charge in [-0.15, -0.1) is 0 Å². The number of carbonyl (C=O) groups is 1. The molecule has 1 spiro atoms. The van der Waals surface area contributed by atoms with Crippen molar-refractivity contribution in [3.8, 4) is 0 Å². The minimum absolute atomic E-state index is 0.122. The number of hydrogen-bond donors (Lipinski definition) is 1. The number of rotatable bonds is 6. The SMILES string of the molecule is COCCC1CCOC12CCN(Cc1cnn(C(C)C)c1)CC2.O=C(O)C(F)(F)F. The van der Waals surface area contributed by atoms with Crippen LogP contribution in [0.1, 0.15) is 51.1 Å². The lowest BCUT2D eigenvalue weighted by molar-refractivity contribution is -0.192.